The highest BCUT2D eigenvalue weighted by Gasteiger charge is 2.71. The van der Waals surface area contributed by atoms with Crippen LogP contribution in [0.1, 0.15) is 24.0 Å². The van der Waals surface area contributed by atoms with Gasteiger partial charge in [0.25, 0.3) is 0 Å². The third-order valence-electron chi connectivity index (χ3n) is 5.98. The van der Waals surface area contributed by atoms with Gasteiger partial charge in [-0.2, -0.15) is 26.3 Å². The van der Waals surface area contributed by atoms with Gasteiger partial charge in [0.1, 0.15) is 0 Å². The second kappa shape index (κ2) is 5.47. The van der Waals surface area contributed by atoms with E-state index in [2.05, 4.69) is 0 Å². The Balaban J connectivity index is 1.81. The first-order valence-corrected chi connectivity index (χ1v) is 8.36. The average molecular weight is 409 g/mol. The van der Waals surface area contributed by atoms with Gasteiger partial charge in [-0.3, -0.25) is 14.5 Å². The zero-order chi connectivity index (χ0) is 20.8. The number of benzene rings is 1. The number of alkyl halides is 6. The summed E-state index contributed by atoms with van der Waals surface area (Å²) in [6.07, 6.45) is -9.80. The second-order valence-electron chi connectivity index (χ2n) is 7.40. The molecule has 2 bridgehead atoms. The summed E-state index contributed by atoms with van der Waals surface area (Å²) in [5, 5.41) is 20.3. The summed E-state index contributed by atoms with van der Waals surface area (Å²) in [4.78, 5) is 25.8. The first-order chi connectivity index (χ1) is 12.7. The van der Waals surface area contributed by atoms with Crippen LogP contribution in [-0.4, -0.2) is 27.8 Å². The summed E-state index contributed by atoms with van der Waals surface area (Å²) in [5.74, 6) is -8.61. The number of aliphatic hydroxyl groups is 2. The molecule has 4 atom stereocenters. The molecule has 1 aliphatic heterocycles. The van der Waals surface area contributed by atoms with Crippen LogP contribution in [0.3, 0.4) is 0 Å². The second-order valence-corrected chi connectivity index (χ2v) is 7.40. The van der Waals surface area contributed by atoms with E-state index in [1.165, 1.54) is 0 Å². The predicted octanol–water partition coefficient (Wildman–Crippen LogP) is 2.55. The van der Waals surface area contributed by atoms with Crippen LogP contribution < -0.4 is 4.90 Å². The number of carbonyl (C=O) groups is 2. The van der Waals surface area contributed by atoms with Crippen molar-refractivity contribution in [3.63, 3.8) is 0 Å². The van der Waals surface area contributed by atoms with E-state index in [9.17, 15) is 46.1 Å². The van der Waals surface area contributed by atoms with Gasteiger partial charge in [-0.25, -0.2) is 0 Å². The fourth-order valence-electron chi connectivity index (χ4n) is 4.83. The summed E-state index contributed by atoms with van der Waals surface area (Å²) in [6, 6.07) is 0.545. The number of hydrogen-bond acceptors (Lipinski definition) is 4. The third kappa shape index (κ3) is 2.48. The molecule has 2 amide bonds. The van der Waals surface area contributed by atoms with Crippen LogP contribution in [-0.2, 0) is 21.9 Å². The Hall–Kier alpha value is -2.14. The number of fused-ring (bicyclic) bond motifs is 5. The standard InChI is InChI=1S/C17H13F6NO4/c18-16(19,20)6-3-7(17(21,22)23)5-8(4-6)24-13(25)11-9-1-2-10(15(9,27)28)12(11)14(24)26/h3-5,9-12,27-28H,1-2H2/t9-,10+,11-,12+. The van der Waals surface area contributed by atoms with E-state index in [0.717, 1.165) is 0 Å². The average Bonchev–Trinajstić information content (AvgIpc) is 3.09. The molecule has 0 spiro atoms. The summed E-state index contributed by atoms with van der Waals surface area (Å²) >= 11 is 0. The van der Waals surface area contributed by atoms with Crippen LogP contribution in [0.15, 0.2) is 18.2 Å². The molecule has 4 rings (SSSR count). The van der Waals surface area contributed by atoms with Gasteiger partial charge in [0.15, 0.2) is 5.79 Å². The van der Waals surface area contributed by atoms with E-state index < -0.39 is 70.4 Å². The highest BCUT2D eigenvalue weighted by atomic mass is 19.4. The number of amides is 2. The monoisotopic (exact) mass is 409 g/mol. The molecule has 3 fully saturated rings. The number of imide groups is 1. The highest BCUT2D eigenvalue weighted by molar-refractivity contribution is 6.22. The van der Waals surface area contributed by atoms with Gasteiger partial charge in [0.2, 0.25) is 11.8 Å². The minimum atomic E-state index is -5.12. The predicted molar refractivity (Wildman–Crippen MR) is 79.3 cm³/mol. The molecule has 2 N–H and O–H groups in total. The van der Waals surface area contributed by atoms with Crippen molar-refractivity contribution in [2.24, 2.45) is 23.7 Å². The molecule has 28 heavy (non-hydrogen) atoms. The highest BCUT2D eigenvalue weighted by Crippen LogP contribution is 2.61. The van der Waals surface area contributed by atoms with Crippen LogP contribution in [0, 0.1) is 23.7 Å². The van der Waals surface area contributed by atoms with Crippen molar-refractivity contribution in [3.8, 4) is 0 Å². The van der Waals surface area contributed by atoms with Gasteiger partial charge in [-0.15, -0.1) is 0 Å². The summed E-state index contributed by atoms with van der Waals surface area (Å²) in [7, 11) is 0. The molecule has 1 aromatic rings. The minimum absolute atomic E-state index is 0.0917. The van der Waals surface area contributed by atoms with Crippen molar-refractivity contribution in [3.05, 3.63) is 29.3 Å². The Morgan fingerprint density at radius 2 is 1.21 bits per heavy atom. The van der Waals surface area contributed by atoms with Crippen LogP contribution >= 0.6 is 0 Å². The Morgan fingerprint density at radius 3 is 1.57 bits per heavy atom. The van der Waals surface area contributed by atoms with Crippen LogP contribution in [0.25, 0.3) is 0 Å². The largest absolute Gasteiger partial charge is 0.416 e. The van der Waals surface area contributed by atoms with E-state index in [0.29, 0.717) is 17.0 Å². The molecule has 1 heterocycles. The summed E-state index contributed by atoms with van der Waals surface area (Å²) in [6.45, 7) is 0. The quantitative estimate of drug-likeness (QED) is 0.425. The number of nitrogens with zero attached hydrogens (tertiary/aromatic N) is 1. The first kappa shape index (κ1) is 19.2. The van der Waals surface area contributed by atoms with Gasteiger partial charge in [0.05, 0.1) is 28.7 Å². The lowest BCUT2D eigenvalue weighted by molar-refractivity contribution is -0.199. The van der Waals surface area contributed by atoms with Crippen LogP contribution in [0.4, 0.5) is 32.0 Å². The maximum absolute atomic E-state index is 13.1. The third-order valence-corrected chi connectivity index (χ3v) is 5.98. The summed E-state index contributed by atoms with van der Waals surface area (Å²) in [5.41, 5.74) is -4.11. The fraction of sp³-hybridized carbons (Fsp3) is 0.529. The normalized spacial score (nSPS) is 31.6. The van der Waals surface area contributed by atoms with E-state index in [4.69, 9.17) is 0 Å². The van der Waals surface area contributed by atoms with Crippen molar-refractivity contribution in [2.45, 2.75) is 31.0 Å². The summed E-state index contributed by atoms with van der Waals surface area (Å²) < 4.78 is 78.4. The lowest BCUT2D eigenvalue weighted by atomic mass is 9.81. The maximum atomic E-state index is 13.1. The smallest absolute Gasteiger partial charge is 0.365 e. The molecule has 1 saturated heterocycles. The first-order valence-electron chi connectivity index (χ1n) is 8.36. The molecule has 3 aliphatic rings. The van der Waals surface area contributed by atoms with Crippen molar-refractivity contribution < 1.29 is 46.1 Å². The van der Waals surface area contributed by atoms with E-state index in [-0.39, 0.29) is 18.9 Å². The van der Waals surface area contributed by atoms with Crippen molar-refractivity contribution in [1.82, 2.24) is 0 Å². The van der Waals surface area contributed by atoms with Gasteiger partial charge in [0, 0.05) is 11.8 Å². The Morgan fingerprint density at radius 1 is 0.821 bits per heavy atom. The Labute approximate surface area is 153 Å². The Bertz CT molecular complexity index is 813. The molecule has 1 aromatic carbocycles. The molecule has 11 heteroatoms. The van der Waals surface area contributed by atoms with Gasteiger partial charge >= 0.3 is 12.4 Å². The molecular weight excluding hydrogens is 396 g/mol. The van der Waals surface area contributed by atoms with Crippen molar-refractivity contribution in [2.75, 3.05) is 4.90 Å². The number of anilines is 1. The van der Waals surface area contributed by atoms with Crippen LogP contribution in [0.5, 0.6) is 0 Å². The van der Waals surface area contributed by atoms with Gasteiger partial charge in [-0.1, -0.05) is 0 Å². The molecule has 0 unspecified atom stereocenters. The molecule has 2 saturated carbocycles. The molecule has 0 aromatic heterocycles. The lowest BCUT2D eigenvalue weighted by Crippen LogP contribution is -2.42. The molecule has 152 valence electrons. The SMILES string of the molecule is O=C1[C@@H]2[C@H](C(=O)N1c1cc(C(F)(F)F)cc(C(F)(F)F)c1)[C@H]1CC[C@@H]2C1(O)O. The molecule has 5 nitrogen and oxygen atoms in total. The van der Waals surface area contributed by atoms with Crippen molar-refractivity contribution in [1.29, 1.82) is 0 Å². The number of hydrogen-bond donors (Lipinski definition) is 2. The maximum Gasteiger partial charge on any atom is 0.416 e. The number of carbonyl (C=O) groups excluding carboxylic acids is 2. The molecular formula is C17H13F6NO4. The van der Waals surface area contributed by atoms with E-state index >= 15 is 0 Å². The lowest BCUT2D eigenvalue weighted by Gasteiger charge is -2.26. The van der Waals surface area contributed by atoms with Crippen molar-refractivity contribution >= 4 is 17.5 Å². The van der Waals surface area contributed by atoms with Gasteiger partial charge in [-0.05, 0) is 31.0 Å². The molecule has 0 radical (unpaired) electrons. The number of halogens is 6. The number of rotatable bonds is 1. The minimum Gasteiger partial charge on any atom is -0.365 e. The van der Waals surface area contributed by atoms with Gasteiger partial charge < -0.3 is 10.2 Å². The topological polar surface area (TPSA) is 77.8 Å². The zero-order valence-electron chi connectivity index (χ0n) is 13.9. The van der Waals surface area contributed by atoms with E-state index in [1.807, 2.05) is 0 Å². The fourth-order valence-corrected chi connectivity index (χ4v) is 4.83. The molecule has 2 aliphatic carbocycles. The Kier molecular flexibility index (Phi) is 3.75. The van der Waals surface area contributed by atoms with Crippen LogP contribution in [0.2, 0.25) is 0 Å². The zero-order valence-corrected chi connectivity index (χ0v) is 13.9. The van der Waals surface area contributed by atoms with E-state index in [1.54, 1.807) is 0 Å².